The summed E-state index contributed by atoms with van der Waals surface area (Å²) in [6.45, 7) is 2.53. The Morgan fingerprint density at radius 2 is 2.00 bits per heavy atom. The van der Waals surface area contributed by atoms with E-state index in [1.165, 1.54) is 10.4 Å². The Labute approximate surface area is 153 Å². The van der Waals surface area contributed by atoms with Gasteiger partial charge in [0.25, 0.3) is 0 Å². The number of halogens is 2. The fourth-order valence-electron chi connectivity index (χ4n) is 3.32. The molecular formula is C16H22ClFN2O4S. The van der Waals surface area contributed by atoms with E-state index < -0.39 is 21.8 Å². The standard InChI is InChI=1S/C16H21FN2O4S.ClH/c1-2-23-16(20)11-7-12(17)9-15(8-11)24(21,22)19-6-5-13-3-4-14(10-19)18-13;/h7-9,13-14,18H,2-6,10H2,1H3;1H. The molecule has 2 atom stereocenters. The van der Waals surface area contributed by atoms with Crippen molar-refractivity contribution < 1.29 is 22.3 Å². The van der Waals surface area contributed by atoms with Crippen LogP contribution < -0.4 is 5.32 Å². The zero-order chi connectivity index (χ0) is 17.3. The average molecular weight is 393 g/mol. The molecule has 0 amide bonds. The second kappa shape index (κ2) is 7.99. The van der Waals surface area contributed by atoms with Gasteiger partial charge in [0.1, 0.15) is 5.82 Å². The van der Waals surface area contributed by atoms with Crippen LogP contribution in [0.4, 0.5) is 4.39 Å². The van der Waals surface area contributed by atoms with Gasteiger partial charge in [-0.1, -0.05) is 0 Å². The van der Waals surface area contributed by atoms with Crippen LogP contribution in [-0.2, 0) is 14.8 Å². The van der Waals surface area contributed by atoms with Gasteiger partial charge in [-0.3, -0.25) is 0 Å². The second-order valence-electron chi connectivity index (χ2n) is 6.19. The van der Waals surface area contributed by atoms with Crippen LogP contribution in [-0.4, -0.2) is 50.5 Å². The van der Waals surface area contributed by atoms with Gasteiger partial charge >= 0.3 is 5.97 Å². The van der Waals surface area contributed by atoms with Crippen LogP contribution in [0, 0.1) is 5.82 Å². The Kier molecular flexibility index (Phi) is 6.42. The van der Waals surface area contributed by atoms with Gasteiger partial charge in [-0.05, 0) is 44.4 Å². The molecule has 1 aromatic carbocycles. The molecule has 2 bridgehead atoms. The van der Waals surface area contributed by atoms with Crippen LogP contribution in [0.15, 0.2) is 23.1 Å². The lowest BCUT2D eigenvalue weighted by molar-refractivity contribution is 0.0525. The number of rotatable bonds is 4. The zero-order valence-corrected chi connectivity index (χ0v) is 15.5. The number of hydrogen-bond donors (Lipinski definition) is 1. The highest BCUT2D eigenvalue weighted by molar-refractivity contribution is 7.89. The van der Waals surface area contributed by atoms with E-state index in [1.54, 1.807) is 6.92 Å². The van der Waals surface area contributed by atoms with E-state index in [4.69, 9.17) is 4.74 Å². The fraction of sp³-hybridized carbons (Fsp3) is 0.562. The highest BCUT2D eigenvalue weighted by atomic mass is 35.5. The number of nitrogens with one attached hydrogen (secondary N) is 1. The van der Waals surface area contributed by atoms with E-state index >= 15 is 0 Å². The summed E-state index contributed by atoms with van der Waals surface area (Å²) in [7, 11) is -3.86. The SMILES string of the molecule is CCOC(=O)c1cc(F)cc(S(=O)(=O)N2CCC3CCC(C2)N3)c1.Cl. The van der Waals surface area contributed by atoms with Gasteiger partial charge in [0, 0.05) is 25.2 Å². The first kappa shape index (κ1) is 20.1. The van der Waals surface area contributed by atoms with Crippen molar-refractivity contribution >= 4 is 28.4 Å². The Morgan fingerprint density at radius 3 is 2.72 bits per heavy atom. The summed E-state index contributed by atoms with van der Waals surface area (Å²) in [5.41, 5.74) is -0.0927. The number of ether oxygens (including phenoxy) is 1. The molecular weight excluding hydrogens is 371 g/mol. The Morgan fingerprint density at radius 1 is 1.28 bits per heavy atom. The third kappa shape index (κ3) is 4.31. The van der Waals surface area contributed by atoms with Gasteiger partial charge in [0.15, 0.2) is 0 Å². The highest BCUT2D eigenvalue weighted by Gasteiger charge is 2.35. The minimum absolute atomic E-state index is 0. The summed E-state index contributed by atoms with van der Waals surface area (Å²) in [6, 6.07) is 3.60. The quantitative estimate of drug-likeness (QED) is 0.792. The highest BCUT2D eigenvalue weighted by Crippen LogP contribution is 2.26. The van der Waals surface area contributed by atoms with Crippen molar-refractivity contribution in [2.45, 2.75) is 43.2 Å². The van der Waals surface area contributed by atoms with Crippen LogP contribution in [0.3, 0.4) is 0 Å². The van der Waals surface area contributed by atoms with Crippen LogP contribution in [0.25, 0.3) is 0 Å². The molecule has 140 valence electrons. The number of esters is 1. The third-order valence-corrected chi connectivity index (χ3v) is 6.35. The number of fused-ring (bicyclic) bond motifs is 2. The Balaban J connectivity index is 0.00000225. The number of hydrogen-bond acceptors (Lipinski definition) is 5. The molecule has 6 nitrogen and oxygen atoms in total. The molecule has 0 aliphatic carbocycles. The molecule has 2 unspecified atom stereocenters. The summed E-state index contributed by atoms with van der Waals surface area (Å²) >= 11 is 0. The molecule has 0 saturated carbocycles. The van der Waals surface area contributed by atoms with Gasteiger partial charge < -0.3 is 10.1 Å². The summed E-state index contributed by atoms with van der Waals surface area (Å²) in [4.78, 5) is 11.6. The molecule has 2 fully saturated rings. The maximum atomic E-state index is 13.9. The first-order valence-corrected chi connectivity index (χ1v) is 9.58. The average Bonchev–Trinajstić information content (AvgIpc) is 2.85. The summed E-state index contributed by atoms with van der Waals surface area (Å²) in [5.74, 6) is -1.50. The molecule has 9 heteroatoms. The summed E-state index contributed by atoms with van der Waals surface area (Å²) in [5, 5.41) is 3.41. The van der Waals surface area contributed by atoms with Gasteiger partial charge in [-0.15, -0.1) is 12.4 Å². The van der Waals surface area contributed by atoms with E-state index in [0.717, 1.165) is 31.4 Å². The second-order valence-corrected chi connectivity index (χ2v) is 8.12. The smallest absolute Gasteiger partial charge is 0.338 e. The monoisotopic (exact) mass is 392 g/mol. The molecule has 25 heavy (non-hydrogen) atoms. The minimum atomic E-state index is -3.86. The van der Waals surface area contributed by atoms with E-state index in [9.17, 15) is 17.6 Å². The topological polar surface area (TPSA) is 75.7 Å². The number of carbonyl (C=O) groups is 1. The minimum Gasteiger partial charge on any atom is -0.462 e. The molecule has 1 N–H and O–H groups in total. The normalized spacial score (nSPS) is 23.6. The van der Waals surface area contributed by atoms with Crippen molar-refractivity contribution in [3.8, 4) is 0 Å². The molecule has 2 aliphatic heterocycles. The molecule has 0 aromatic heterocycles. The molecule has 3 rings (SSSR count). The van der Waals surface area contributed by atoms with Crippen molar-refractivity contribution in [1.82, 2.24) is 9.62 Å². The molecule has 2 aliphatic rings. The van der Waals surface area contributed by atoms with Crippen molar-refractivity contribution in [3.05, 3.63) is 29.6 Å². The maximum Gasteiger partial charge on any atom is 0.338 e. The lowest BCUT2D eigenvalue weighted by atomic mass is 10.1. The lowest BCUT2D eigenvalue weighted by Crippen LogP contribution is -2.39. The van der Waals surface area contributed by atoms with Crippen LogP contribution in [0.2, 0.25) is 0 Å². The van der Waals surface area contributed by atoms with Gasteiger partial charge in [-0.25, -0.2) is 17.6 Å². The number of sulfonamides is 1. The zero-order valence-electron chi connectivity index (χ0n) is 13.9. The van der Waals surface area contributed by atoms with E-state index in [2.05, 4.69) is 5.32 Å². The van der Waals surface area contributed by atoms with Crippen LogP contribution >= 0.6 is 12.4 Å². The van der Waals surface area contributed by atoms with Gasteiger partial charge in [-0.2, -0.15) is 4.31 Å². The number of benzene rings is 1. The summed E-state index contributed by atoms with van der Waals surface area (Å²) in [6.07, 6.45) is 2.73. The lowest BCUT2D eigenvalue weighted by Gasteiger charge is -2.23. The van der Waals surface area contributed by atoms with Crippen molar-refractivity contribution in [2.75, 3.05) is 19.7 Å². The van der Waals surface area contributed by atoms with E-state index in [1.807, 2.05) is 0 Å². The summed E-state index contributed by atoms with van der Waals surface area (Å²) < 4.78 is 45.8. The first-order chi connectivity index (χ1) is 11.4. The number of nitrogens with zero attached hydrogens (tertiary/aromatic N) is 1. The predicted octanol–water partition coefficient (Wildman–Crippen LogP) is 1.94. The Bertz CT molecular complexity index is 744. The molecule has 0 radical (unpaired) electrons. The first-order valence-electron chi connectivity index (χ1n) is 8.14. The number of carbonyl (C=O) groups excluding carboxylic acids is 1. The maximum absolute atomic E-state index is 13.9. The van der Waals surface area contributed by atoms with Crippen molar-refractivity contribution in [3.63, 3.8) is 0 Å². The van der Waals surface area contributed by atoms with Crippen molar-refractivity contribution in [1.29, 1.82) is 0 Å². The van der Waals surface area contributed by atoms with Gasteiger partial charge in [0.05, 0.1) is 17.1 Å². The van der Waals surface area contributed by atoms with Gasteiger partial charge in [0.2, 0.25) is 10.0 Å². The predicted molar refractivity (Wildman–Crippen MR) is 92.9 cm³/mol. The van der Waals surface area contributed by atoms with Crippen molar-refractivity contribution in [2.24, 2.45) is 0 Å². The molecule has 2 saturated heterocycles. The van der Waals surface area contributed by atoms with E-state index in [0.29, 0.717) is 19.1 Å². The van der Waals surface area contributed by atoms with E-state index in [-0.39, 0.29) is 35.5 Å². The largest absolute Gasteiger partial charge is 0.462 e. The molecule has 0 spiro atoms. The van der Waals surface area contributed by atoms with Crippen LogP contribution in [0.1, 0.15) is 36.5 Å². The molecule has 1 aromatic rings. The molecule has 2 heterocycles. The van der Waals surface area contributed by atoms with Crippen LogP contribution in [0.5, 0.6) is 0 Å². The third-order valence-electron chi connectivity index (χ3n) is 4.51. The fourth-order valence-corrected chi connectivity index (χ4v) is 4.88. The Hall–Kier alpha value is -1.22.